The summed E-state index contributed by atoms with van der Waals surface area (Å²) in [5.74, 6) is 0.624. The van der Waals surface area contributed by atoms with E-state index in [2.05, 4.69) is 20.7 Å². The molecule has 2 amide bonds. The first kappa shape index (κ1) is 22.1. The molecule has 10 heteroatoms. The number of aromatic nitrogens is 5. The number of amides is 2. The molecule has 2 aromatic rings. The van der Waals surface area contributed by atoms with Gasteiger partial charge in [0, 0.05) is 25.7 Å². The summed E-state index contributed by atoms with van der Waals surface area (Å²) in [7, 11) is 0. The number of carbonyl (C=O) groups is 2. The number of nitrogens with one attached hydrogen (secondary N) is 1. The number of rotatable bonds is 6. The van der Waals surface area contributed by atoms with Gasteiger partial charge in [0.05, 0.1) is 31.9 Å². The standard InChI is InChI=1S/C23H33N7O3/c1-2-29-19(8-10-25-29)22(32)24-13-18-20-14-33-23(16-30(20)27-26-18)9-11-28(15-23)21(31)12-17-6-4-3-5-7-17/h8,10,17H,2-7,9,11-16H2,1H3,(H,24,32). The monoisotopic (exact) mass is 455 g/mol. The molecule has 2 fully saturated rings. The predicted molar refractivity (Wildman–Crippen MR) is 119 cm³/mol. The van der Waals surface area contributed by atoms with E-state index in [1.165, 1.54) is 32.1 Å². The maximum Gasteiger partial charge on any atom is 0.269 e. The summed E-state index contributed by atoms with van der Waals surface area (Å²) in [4.78, 5) is 27.4. The fourth-order valence-corrected chi connectivity index (χ4v) is 5.43. The summed E-state index contributed by atoms with van der Waals surface area (Å²) in [6, 6.07) is 1.70. The van der Waals surface area contributed by atoms with Gasteiger partial charge in [-0.15, -0.1) is 5.10 Å². The Balaban J connectivity index is 1.17. The molecule has 0 bridgehead atoms. The lowest BCUT2D eigenvalue weighted by Crippen LogP contribution is -2.45. The van der Waals surface area contributed by atoms with E-state index in [0.29, 0.717) is 50.0 Å². The van der Waals surface area contributed by atoms with E-state index < -0.39 is 5.60 Å². The van der Waals surface area contributed by atoms with Gasteiger partial charge in [-0.1, -0.05) is 24.5 Å². The number of carbonyl (C=O) groups excluding carboxylic acids is 2. The van der Waals surface area contributed by atoms with Crippen molar-refractivity contribution < 1.29 is 14.3 Å². The predicted octanol–water partition coefficient (Wildman–Crippen LogP) is 1.90. The zero-order chi connectivity index (χ0) is 22.8. The molecule has 5 rings (SSSR count). The molecule has 1 spiro atoms. The molecule has 2 aliphatic heterocycles. The highest BCUT2D eigenvalue weighted by Gasteiger charge is 2.45. The molecule has 1 unspecified atom stereocenters. The Morgan fingerprint density at radius 1 is 1.24 bits per heavy atom. The molecule has 0 radical (unpaired) electrons. The van der Waals surface area contributed by atoms with Crippen LogP contribution >= 0.6 is 0 Å². The van der Waals surface area contributed by atoms with Gasteiger partial charge in [0.25, 0.3) is 5.91 Å². The highest BCUT2D eigenvalue weighted by atomic mass is 16.5. The summed E-state index contributed by atoms with van der Waals surface area (Å²) in [6.07, 6.45) is 9.29. The summed E-state index contributed by atoms with van der Waals surface area (Å²) >= 11 is 0. The molecule has 1 saturated carbocycles. The smallest absolute Gasteiger partial charge is 0.269 e. The average molecular weight is 456 g/mol. The third-order valence-corrected chi connectivity index (χ3v) is 7.39. The Kier molecular flexibility index (Phi) is 6.18. The molecular weight excluding hydrogens is 422 g/mol. The number of nitrogens with zero attached hydrogens (tertiary/aromatic N) is 6. The van der Waals surface area contributed by atoms with E-state index in [4.69, 9.17) is 4.74 Å². The molecule has 1 saturated heterocycles. The molecule has 1 aliphatic carbocycles. The zero-order valence-electron chi connectivity index (χ0n) is 19.3. The van der Waals surface area contributed by atoms with E-state index in [9.17, 15) is 9.59 Å². The van der Waals surface area contributed by atoms with Crippen molar-refractivity contribution >= 4 is 11.8 Å². The van der Waals surface area contributed by atoms with Crippen LogP contribution in [0.3, 0.4) is 0 Å². The van der Waals surface area contributed by atoms with Gasteiger partial charge in [-0.3, -0.25) is 14.3 Å². The van der Waals surface area contributed by atoms with Gasteiger partial charge >= 0.3 is 0 Å². The van der Waals surface area contributed by atoms with Gasteiger partial charge in [0.15, 0.2) is 0 Å². The maximum atomic E-state index is 12.9. The third-order valence-electron chi connectivity index (χ3n) is 7.39. The first-order valence-corrected chi connectivity index (χ1v) is 12.2. The number of likely N-dealkylation sites (tertiary alicyclic amines) is 1. The first-order valence-electron chi connectivity index (χ1n) is 12.2. The van der Waals surface area contributed by atoms with E-state index in [1.54, 1.807) is 16.9 Å². The van der Waals surface area contributed by atoms with Gasteiger partial charge in [-0.05, 0) is 38.2 Å². The van der Waals surface area contributed by atoms with Crippen molar-refractivity contribution in [1.29, 1.82) is 0 Å². The molecule has 3 aliphatic rings. The quantitative estimate of drug-likeness (QED) is 0.713. The van der Waals surface area contributed by atoms with Crippen LogP contribution in [0.25, 0.3) is 0 Å². The highest BCUT2D eigenvalue weighted by molar-refractivity contribution is 5.92. The van der Waals surface area contributed by atoms with Crippen LogP contribution in [-0.4, -0.2) is 60.2 Å². The second-order valence-corrected chi connectivity index (χ2v) is 9.60. The molecule has 33 heavy (non-hydrogen) atoms. The van der Waals surface area contributed by atoms with Crippen molar-refractivity contribution in [2.75, 3.05) is 13.1 Å². The summed E-state index contributed by atoms with van der Waals surface area (Å²) in [6.45, 7) is 5.18. The second-order valence-electron chi connectivity index (χ2n) is 9.60. The van der Waals surface area contributed by atoms with Gasteiger partial charge < -0.3 is 15.0 Å². The van der Waals surface area contributed by atoms with Crippen LogP contribution in [0.4, 0.5) is 0 Å². The maximum absolute atomic E-state index is 12.9. The second kappa shape index (κ2) is 9.24. The fourth-order valence-electron chi connectivity index (χ4n) is 5.43. The fraction of sp³-hybridized carbons (Fsp3) is 0.696. The largest absolute Gasteiger partial charge is 0.365 e. The Labute approximate surface area is 193 Å². The van der Waals surface area contributed by atoms with Gasteiger partial charge in [-0.2, -0.15) is 5.10 Å². The minimum absolute atomic E-state index is 0.188. The van der Waals surface area contributed by atoms with Crippen molar-refractivity contribution in [1.82, 2.24) is 35.0 Å². The molecule has 178 valence electrons. The third kappa shape index (κ3) is 4.53. The Morgan fingerprint density at radius 2 is 2.09 bits per heavy atom. The van der Waals surface area contributed by atoms with Crippen molar-refractivity contribution in [2.24, 2.45) is 5.92 Å². The van der Waals surface area contributed by atoms with Crippen LogP contribution in [-0.2, 0) is 35.8 Å². The molecular formula is C23H33N7O3. The molecule has 1 atom stereocenters. The van der Waals surface area contributed by atoms with Crippen LogP contribution in [0.5, 0.6) is 0 Å². The summed E-state index contributed by atoms with van der Waals surface area (Å²) in [5, 5.41) is 15.7. The number of fused-ring (bicyclic) bond motifs is 1. The van der Waals surface area contributed by atoms with Gasteiger partial charge in [0.2, 0.25) is 5.91 Å². The van der Waals surface area contributed by atoms with Crippen LogP contribution < -0.4 is 5.32 Å². The minimum Gasteiger partial charge on any atom is -0.365 e. The van der Waals surface area contributed by atoms with Gasteiger partial charge in [-0.25, -0.2) is 4.68 Å². The van der Waals surface area contributed by atoms with Gasteiger partial charge in [0.1, 0.15) is 17.0 Å². The number of hydrogen-bond acceptors (Lipinski definition) is 6. The number of ether oxygens (including phenoxy) is 1. The molecule has 1 N–H and O–H groups in total. The lowest BCUT2D eigenvalue weighted by atomic mass is 9.86. The van der Waals surface area contributed by atoms with Crippen molar-refractivity contribution in [3.8, 4) is 0 Å². The molecule has 0 aromatic carbocycles. The van der Waals surface area contributed by atoms with Crippen LogP contribution in [0.2, 0.25) is 0 Å². The molecule has 4 heterocycles. The SMILES string of the molecule is CCn1nccc1C(=O)NCc1nnn2c1COC1(CCN(C(=O)CC3CCCCC3)C1)C2. The van der Waals surface area contributed by atoms with Crippen LogP contribution in [0, 0.1) is 5.92 Å². The van der Waals surface area contributed by atoms with E-state index in [0.717, 1.165) is 18.7 Å². The normalized spacial score (nSPS) is 23.1. The molecule has 10 nitrogen and oxygen atoms in total. The van der Waals surface area contributed by atoms with E-state index in [-0.39, 0.29) is 18.4 Å². The molecule has 2 aromatic heterocycles. The summed E-state index contributed by atoms with van der Waals surface area (Å²) < 4.78 is 9.86. The van der Waals surface area contributed by atoms with E-state index in [1.807, 2.05) is 16.5 Å². The van der Waals surface area contributed by atoms with Crippen molar-refractivity contribution in [3.63, 3.8) is 0 Å². The minimum atomic E-state index is -0.392. The number of hydrogen-bond donors (Lipinski definition) is 1. The van der Waals surface area contributed by atoms with Crippen molar-refractivity contribution in [3.05, 3.63) is 29.3 Å². The Bertz CT molecular complexity index is 1010. The van der Waals surface area contributed by atoms with Crippen LogP contribution in [0.1, 0.15) is 73.7 Å². The van der Waals surface area contributed by atoms with Crippen LogP contribution in [0.15, 0.2) is 12.3 Å². The Hall–Kier alpha value is -2.75. The lowest BCUT2D eigenvalue weighted by Gasteiger charge is -2.34. The topological polar surface area (TPSA) is 107 Å². The summed E-state index contributed by atoms with van der Waals surface area (Å²) in [5.41, 5.74) is 1.73. The Morgan fingerprint density at radius 3 is 2.91 bits per heavy atom. The van der Waals surface area contributed by atoms with E-state index >= 15 is 0 Å². The highest BCUT2D eigenvalue weighted by Crippen LogP contribution is 2.34. The number of aryl methyl sites for hydroxylation is 1. The average Bonchev–Trinajstić information content (AvgIpc) is 3.57. The first-order chi connectivity index (χ1) is 16.1. The lowest BCUT2D eigenvalue weighted by molar-refractivity contribution is -0.134. The van der Waals surface area contributed by atoms with Crippen molar-refractivity contribution in [2.45, 2.75) is 83.7 Å². The zero-order valence-corrected chi connectivity index (χ0v) is 19.3.